The number of primary amides is 1. The number of aliphatic hydroxyl groups excluding tert-OH is 2. The average molecular weight is 458 g/mol. The Morgan fingerprint density at radius 1 is 1.15 bits per heavy atom. The number of nitrogens with two attached hydrogens (primary N) is 1. The van der Waals surface area contributed by atoms with Crippen LogP contribution in [0.25, 0.3) is 0 Å². The lowest BCUT2D eigenvalue weighted by molar-refractivity contribution is -0.167. The van der Waals surface area contributed by atoms with Crippen LogP contribution in [0.4, 0.5) is 0 Å². The summed E-state index contributed by atoms with van der Waals surface area (Å²) in [6.45, 7) is 2.13. The van der Waals surface area contributed by atoms with Crippen molar-refractivity contribution < 1.29 is 34.8 Å². The number of carbonyl (C=O) groups excluding carboxylic acids is 3. The molecule has 1 fully saturated rings. The van der Waals surface area contributed by atoms with Gasteiger partial charge in [0.15, 0.2) is 17.2 Å². The van der Waals surface area contributed by atoms with Crippen LogP contribution < -0.4 is 5.73 Å². The molecule has 0 bridgehead atoms. The van der Waals surface area contributed by atoms with Crippen molar-refractivity contribution in [2.75, 3.05) is 0 Å². The molecule has 178 valence electrons. The zero-order chi connectivity index (χ0) is 24.1. The lowest BCUT2D eigenvalue weighted by atomic mass is 9.57. The molecule has 1 saturated carbocycles. The van der Waals surface area contributed by atoms with Crippen LogP contribution in [0, 0.1) is 17.8 Å². The Morgan fingerprint density at radius 2 is 1.88 bits per heavy atom. The third-order valence-corrected chi connectivity index (χ3v) is 7.67. The van der Waals surface area contributed by atoms with Gasteiger partial charge in [-0.1, -0.05) is 32.3 Å². The van der Waals surface area contributed by atoms with Gasteiger partial charge < -0.3 is 26.2 Å². The van der Waals surface area contributed by atoms with Crippen molar-refractivity contribution in [3.05, 3.63) is 40.2 Å². The molecule has 0 saturated heterocycles. The molecule has 1 aromatic rings. The molecule has 1 amide bonds. The number of unbranched alkanes of at least 4 members (excludes halogenated alkanes) is 3. The molecule has 0 radical (unpaired) electrons. The number of aryl methyl sites for hydroxylation is 1. The predicted molar refractivity (Wildman–Crippen MR) is 119 cm³/mol. The van der Waals surface area contributed by atoms with E-state index < -0.39 is 52.7 Å². The lowest BCUT2D eigenvalue weighted by Gasteiger charge is -2.48. The van der Waals surface area contributed by atoms with Crippen molar-refractivity contribution >= 4 is 17.5 Å². The number of hydrogen-bond donors (Lipinski definition) is 5. The second-order valence-electron chi connectivity index (χ2n) is 9.65. The molecule has 8 heteroatoms. The van der Waals surface area contributed by atoms with E-state index in [1.807, 2.05) is 6.07 Å². The fourth-order valence-electron chi connectivity index (χ4n) is 5.97. The molecule has 8 nitrogen and oxygen atoms in total. The maximum absolute atomic E-state index is 13.5. The van der Waals surface area contributed by atoms with Crippen LogP contribution in [0.3, 0.4) is 0 Å². The summed E-state index contributed by atoms with van der Waals surface area (Å²) < 4.78 is 0. The van der Waals surface area contributed by atoms with E-state index in [9.17, 15) is 34.8 Å². The Kier molecular flexibility index (Phi) is 6.09. The molecule has 3 aliphatic carbocycles. The van der Waals surface area contributed by atoms with E-state index in [1.54, 1.807) is 0 Å². The third kappa shape index (κ3) is 3.56. The van der Waals surface area contributed by atoms with Crippen molar-refractivity contribution in [2.24, 2.45) is 23.5 Å². The molecule has 3 aliphatic rings. The molecular weight excluding hydrogens is 426 g/mol. The van der Waals surface area contributed by atoms with Crippen molar-refractivity contribution in [2.45, 2.75) is 70.0 Å². The number of phenols is 1. The first-order chi connectivity index (χ1) is 15.6. The van der Waals surface area contributed by atoms with Gasteiger partial charge in [0.05, 0.1) is 11.7 Å². The van der Waals surface area contributed by atoms with Crippen LogP contribution >= 0.6 is 0 Å². The number of ketones is 2. The van der Waals surface area contributed by atoms with Crippen LogP contribution in [0.1, 0.15) is 66.9 Å². The number of aromatic hydroxyl groups is 1. The molecule has 6 N–H and O–H groups in total. The molecule has 0 aromatic heterocycles. The standard InChI is InChI=1S/C25H31NO7/c1-2-3-4-5-6-12-7-8-16(27)19-15(12)10-13-9-14-11-17(28)20(24(26)32)23(31)25(14,33)22(30)18(13)21(19)29/h7-8,13-14,17,20,27-28,30,33H,2-6,9-11H2,1H3,(H2,26,32)/t13-,14+,17?,20?,25+/m1/s1. The van der Waals surface area contributed by atoms with E-state index in [1.165, 1.54) is 6.07 Å². The Balaban J connectivity index is 1.77. The summed E-state index contributed by atoms with van der Waals surface area (Å²) in [6.07, 6.45) is 4.08. The number of allylic oxidation sites excluding steroid dienone is 1. The Bertz CT molecular complexity index is 1050. The highest BCUT2D eigenvalue weighted by atomic mass is 16.3. The number of Topliss-reactive ketones (excluding diaryl/α,β-unsaturated/α-hetero) is 2. The van der Waals surface area contributed by atoms with Gasteiger partial charge in [-0.15, -0.1) is 0 Å². The average Bonchev–Trinajstić information content (AvgIpc) is 2.75. The fourth-order valence-corrected chi connectivity index (χ4v) is 5.97. The summed E-state index contributed by atoms with van der Waals surface area (Å²) in [5.74, 6) is -6.79. The molecule has 33 heavy (non-hydrogen) atoms. The third-order valence-electron chi connectivity index (χ3n) is 7.67. The molecule has 2 unspecified atom stereocenters. The van der Waals surface area contributed by atoms with Crippen LogP contribution in [0.5, 0.6) is 5.75 Å². The van der Waals surface area contributed by atoms with Crippen molar-refractivity contribution in [3.8, 4) is 5.75 Å². The van der Waals surface area contributed by atoms with Gasteiger partial charge in [0.1, 0.15) is 17.4 Å². The topological polar surface area (TPSA) is 158 Å². The van der Waals surface area contributed by atoms with Crippen LogP contribution in [0.2, 0.25) is 0 Å². The highest BCUT2D eigenvalue weighted by Gasteiger charge is 2.62. The summed E-state index contributed by atoms with van der Waals surface area (Å²) in [4.78, 5) is 38.2. The molecule has 4 rings (SSSR count). The summed E-state index contributed by atoms with van der Waals surface area (Å²) in [7, 11) is 0. The minimum absolute atomic E-state index is 0.0950. The zero-order valence-electron chi connectivity index (χ0n) is 18.7. The van der Waals surface area contributed by atoms with Gasteiger partial charge in [0, 0.05) is 11.5 Å². The smallest absolute Gasteiger partial charge is 0.230 e. The summed E-state index contributed by atoms with van der Waals surface area (Å²) in [5.41, 5.74) is 4.50. The first-order valence-electron chi connectivity index (χ1n) is 11.7. The molecular formula is C25H31NO7. The second-order valence-corrected chi connectivity index (χ2v) is 9.65. The zero-order valence-corrected chi connectivity index (χ0v) is 18.7. The molecule has 1 aromatic carbocycles. The fraction of sp³-hybridized carbons (Fsp3) is 0.560. The monoisotopic (exact) mass is 457 g/mol. The van der Waals surface area contributed by atoms with E-state index in [2.05, 4.69) is 6.92 Å². The van der Waals surface area contributed by atoms with Gasteiger partial charge in [-0.2, -0.15) is 0 Å². The summed E-state index contributed by atoms with van der Waals surface area (Å²) in [5, 5.41) is 43.1. The van der Waals surface area contributed by atoms with E-state index in [4.69, 9.17) is 5.73 Å². The minimum atomic E-state index is -2.47. The van der Waals surface area contributed by atoms with Crippen molar-refractivity contribution in [3.63, 3.8) is 0 Å². The van der Waals surface area contributed by atoms with E-state index in [-0.39, 0.29) is 29.7 Å². The number of benzene rings is 1. The maximum Gasteiger partial charge on any atom is 0.230 e. The summed E-state index contributed by atoms with van der Waals surface area (Å²) in [6, 6.07) is 3.29. The number of phenolic OH excluding ortho intramolecular Hbond substituents is 1. The van der Waals surface area contributed by atoms with E-state index >= 15 is 0 Å². The van der Waals surface area contributed by atoms with E-state index in [0.29, 0.717) is 6.42 Å². The lowest BCUT2D eigenvalue weighted by Crippen LogP contribution is -2.63. The van der Waals surface area contributed by atoms with Gasteiger partial charge in [0.2, 0.25) is 5.91 Å². The molecule has 5 atom stereocenters. The first kappa shape index (κ1) is 23.4. The van der Waals surface area contributed by atoms with Gasteiger partial charge >= 0.3 is 0 Å². The highest BCUT2D eigenvalue weighted by Crippen LogP contribution is 2.51. The molecule has 0 spiro atoms. The van der Waals surface area contributed by atoms with Gasteiger partial charge in [0.25, 0.3) is 0 Å². The molecule has 0 aliphatic heterocycles. The van der Waals surface area contributed by atoms with Crippen LogP contribution in [-0.2, 0) is 22.4 Å². The van der Waals surface area contributed by atoms with Crippen LogP contribution in [-0.4, -0.2) is 49.6 Å². The Morgan fingerprint density at radius 3 is 2.55 bits per heavy atom. The van der Waals surface area contributed by atoms with Crippen molar-refractivity contribution in [1.29, 1.82) is 0 Å². The quantitative estimate of drug-likeness (QED) is 0.322. The normalized spacial score (nSPS) is 31.1. The Labute approximate surface area is 192 Å². The number of rotatable bonds is 6. The first-order valence-corrected chi connectivity index (χ1v) is 11.7. The largest absolute Gasteiger partial charge is 0.508 e. The maximum atomic E-state index is 13.5. The van der Waals surface area contributed by atoms with Crippen molar-refractivity contribution in [1.82, 2.24) is 0 Å². The molecule has 0 heterocycles. The van der Waals surface area contributed by atoms with Gasteiger partial charge in [-0.3, -0.25) is 14.4 Å². The predicted octanol–water partition coefficient (Wildman–Crippen LogP) is 1.87. The van der Waals surface area contributed by atoms with Crippen LogP contribution in [0.15, 0.2) is 23.5 Å². The number of fused-ring (bicyclic) bond motifs is 3. The number of amides is 1. The minimum Gasteiger partial charge on any atom is -0.508 e. The van der Waals surface area contributed by atoms with Gasteiger partial charge in [-0.05, 0) is 55.2 Å². The number of aliphatic hydroxyl groups is 3. The number of hydrogen-bond acceptors (Lipinski definition) is 7. The summed E-state index contributed by atoms with van der Waals surface area (Å²) >= 11 is 0. The Hall–Kier alpha value is -2.71. The highest BCUT2D eigenvalue weighted by molar-refractivity contribution is 6.15. The van der Waals surface area contributed by atoms with Gasteiger partial charge in [-0.25, -0.2) is 0 Å². The second kappa shape index (κ2) is 8.57. The SMILES string of the molecule is CCCCCCc1ccc(O)c2c1C[C@H]1C[C@H]3CC(O)C(C(N)=O)C(=O)[C@@]3(O)C(O)=C1C2=O. The van der Waals surface area contributed by atoms with E-state index in [0.717, 1.165) is 43.2 Å². The number of carbonyl (C=O) groups is 3.